The second-order valence-electron chi connectivity index (χ2n) is 9.01. The number of halogens is 1. The van der Waals surface area contributed by atoms with Gasteiger partial charge in [-0.05, 0) is 56.7 Å². The van der Waals surface area contributed by atoms with Gasteiger partial charge in [-0.2, -0.15) is 4.31 Å². The van der Waals surface area contributed by atoms with E-state index >= 15 is 0 Å². The summed E-state index contributed by atoms with van der Waals surface area (Å²) in [4.78, 5) is 7.78. The van der Waals surface area contributed by atoms with Gasteiger partial charge in [-0.1, -0.05) is 25.0 Å². The molecule has 1 atom stereocenters. The summed E-state index contributed by atoms with van der Waals surface area (Å²) >= 11 is 0. The first kappa shape index (κ1) is 25.7. The fourth-order valence-corrected chi connectivity index (χ4v) is 6.55. The average molecular weight is 576 g/mol. The predicted molar refractivity (Wildman–Crippen MR) is 140 cm³/mol. The van der Waals surface area contributed by atoms with Crippen LogP contribution >= 0.6 is 24.0 Å². The molecule has 0 radical (unpaired) electrons. The fourth-order valence-electron chi connectivity index (χ4n) is 5.03. The van der Waals surface area contributed by atoms with Gasteiger partial charge in [0.15, 0.2) is 5.96 Å². The molecule has 1 aliphatic carbocycles. The Morgan fingerprint density at radius 2 is 1.72 bits per heavy atom. The molecule has 32 heavy (non-hydrogen) atoms. The third-order valence-corrected chi connectivity index (χ3v) is 8.70. The van der Waals surface area contributed by atoms with Crippen molar-refractivity contribution in [2.75, 3.05) is 32.7 Å². The Labute approximate surface area is 210 Å². The number of rotatable bonds is 7. The van der Waals surface area contributed by atoms with E-state index in [9.17, 15) is 8.42 Å². The molecule has 4 rings (SSSR count). The van der Waals surface area contributed by atoms with E-state index in [0.717, 1.165) is 49.9 Å². The Morgan fingerprint density at radius 3 is 2.38 bits per heavy atom. The van der Waals surface area contributed by atoms with Gasteiger partial charge < -0.3 is 10.6 Å². The number of aliphatic imine (C=N–C) groups is 1. The van der Waals surface area contributed by atoms with Crippen molar-refractivity contribution in [3.05, 3.63) is 29.8 Å². The third kappa shape index (κ3) is 6.36. The second kappa shape index (κ2) is 12.0. The largest absolute Gasteiger partial charge is 0.357 e. The highest BCUT2D eigenvalue weighted by Gasteiger charge is 2.30. The lowest BCUT2D eigenvalue weighted by atomic mass is 10.2. The van der Waals surface area contributed by atoms with Crippen LogP contribution in [0.25, 0.3) is 0 Å². The lowest BCUT2D eigenvalue weighted by Crippen LogP contribution is -2.45. The standard InChI is InChI=1S/C23H37N5O2S.HI/c1-2-24-23(26-20-13-16-27(18-20)21-7-3-4-8-21)25-17-19-9-11-22(12-10-19)31(29,30)28-14-5-6-15-28;/h9-12,20-21H,2-8,13-18H2,1H3,(H2,24,25,26);1H. The maximum absolute atomic E-state index is 12.7. The molecule has 1 saturated carbocycles. The van der Waals surface area contributed by atoms with Crippen molar-refractivity contribution < 1.29 is 8.42 Å². The lowest BCUT2D eigenvalue weighted by molar-refractivity contribution is 0.242. The van der Waals surface area contributed by atoms with E-state index in [0.29, 0.717) is 30.6 Å². The number of sulfonamides is 1. The summed E-state index contributed by atoms with van der Waals surface area (Å²) in [7, 11) is -3.36. The van der Waals surface area contributed by atoms with Crippen LogP contribution in [0.1, 0.15) is 57.4 Å². The monoisotopic (exact) mass is 575 g/mol. The van der Waals surface area contributed by atoms with E-state index in [1.807, 2.05) is 12.1 Å². The van der Waals surface area contributed by atoms with E-state index in [1.165, 1.54) is 32.2 Å². The van der Waals surface area contributed by atoms with Gasteiger partial charge in [0.25, 0.3) is 0 Å². The maximum atomic E-state index is 12.7. The topological polar surface area (TPSA) is 77.0 Å². The first-order valence-corrected chi connectivity index (χ1v) is 13.4. The van der Waals surface area contributed by atoms with Crippen molar-refractivity contribution in [2.45, 2.75) is 75.4 Å². The number of likely N-dealkylation sites (tertiary alicyclic amines) is 1. The molecule has 1 unspecified atom stereocenters. The molecule has 0 bridgehead atoms. The average Bonchev–Trinajstić information content (AvgIpc) is 3.55. The molecular weight excluding hydrogens is 537 g/mol. The Kier molecular flexibility index (Phi) is 9.63. The normalized spacial score (nSPS) is 23.4. The summed E-state index contributed by atoms with van der Waals surface area (Å²) in [6.45, 7) is 6.95. The first-order chi connectivity index (χ1) is 15.1. The maximum Gasteiger partial charge on any atom is 0.243 e. The molecule has 1 aromatic carbocycles. The van der Waals surface area contributed by atoms with Crippen molar-refractivity contribution in [1.29, 1.82) is 0 Å². The lowest BCUT2D eigenvalue weighted by Gasteiger charge is -2.24. The molecule has 0 spiro atoms. The number of nitrogens with one attached hydrogen (secondary N) is 2. The number of hydrogen-bond acceptors (Lipinski definition) is 4. The van der Waals surface area contributed by atoms with Crippen LogP contribution in [0.5, 0.6) is 0 Å². The van der Waals surface area contributed by atoms with Crippen LogP contribution < -0.4 is 10.6 Å². The van der Waals surface area contributed by atoms with Crippen LogP contribution in [-0.4, -0.2) is 68.4 Å². The Hall–Kier alpha value is -0.910. The van der Waals surface area contributed by atoms with Crippen LogP contribution in [0.2, 0.25) is 0 Å². The highest BCUT2D eigenvalue weighted by atomic mass is 127. The van der Waals surface area contributed by atoms with Crippen molar-refractivity contribution in [2.24, 2.45) is 4.99 Å². The van der Waals surface area contributed by atoms with Gasteiger partial charge in [-0.3, -0.25) is 4.90 Å². The summed E-state index contributed by atoms with van der Waals surface area (Å²) in [6, 6.07) is 8.42. The van der Waals surface area contributed by atoms with E-state index < -0.39 is 10.0 Å². The fraction of sp³-hybridized carbons (Fsp3) is 0.696. The minimum Gasteiger partial charge on any atom is -0.357 e. The highest BCUT2D eigenvalue weighted by molar-refractivity contribution is 14.0. The molecule has 7 nitrogen and oxygen atoms in total. The van der Waals surface area contributed by atoms with Crippen LogP contribution in [0.4, 0.5) is 0 Å². The van der Waals surface area contributed by atoms with Crippen LogP contribution in [0.3, 0.4) is 0 Å². The molecule has 0 amide bonds. The molecule has 3 fully saturated rings. The molecule has 1 aromatic rings. The van der Waals surface area contributed by atoms with Crippen LogP contribution in [0.15, 0.2) is 34.2 Å². The van der Waals surface area contributed by atoms with Crippen molar-refractivity contribution in [3.63, 3.8) is 0 Å². The quantitative estimate of drug-likeness (QED) is 0.297. The molecule has 2 aliphatic heterocycles. The number of guanidine groups is 1. The van der Waals surface area contributed by atoms with E-state index in [2.05, 4.69) is 22.5 Å². The van der Waals surface area contributed by atoms with Gasteiger partial charge in [0.2, 0.25) is 10.0 Å². The first-order valence-electron chi connectivity index (χ1n) is 11.9. The Bertz CT molecular complexity index is 850. The Balaban J connectivity index is 0.00000289. The smallest absolute Gasteiger partial charge is 0.243 e. The molecule has 2 heterocycles. The van der Waals surface area contributed by atoms with Gasteiger partial charge in [0.1, 0.15) is 0 Å². The van der Waals surface area contributed by atoms with Crippen molar-refractivity contribution in [3.8, 4) is 0 Å². The zero-order valence-electron chi connectivity index (χ0n) is 19.1. The molecule has 0 aromatic heterocycles. The molecule has 2 saturated heterocycles. The van der Waals surface area contributed by atoms with Gasteiger partial charge in [0.05, 0.1) is 11.4 Å². The summed E-state index contributed by atoms with van der Waals surface area (Å²) in [5, 5.41) is 6.96. The summed E-state index contributed by atoms with van der Waals surface area (Å²) < 4.78 is 27.0. The highest BCUT2D eigenvalue weighted by Crippen LogP contribution is 2.26. The van der Waals surface area contributed by atoms with Crippen LogP contribution in [0, 0.1) is 0 Å². The second-order valence-corrected chi connectivity index (χ2v) is 11.0. The molecule has 9 heteroatoms. The third-order valence-electron chi connectivity index (χ3n) is 6.79. The van der Waals surface area contributed by atoms with Gasteiger partial charge in [0, 0.05) is 44.8 Å². The van der Waals surface area contributed by atoms with Gasteiger partial charge >= 0.3 is 0 Å². The minimum atomic E-state index is -3.36. The minimum absolute atomic E-state index is 0. The summed E-state index contributed by atoms with van der Waals surface area (Å²) in [6.07, 6.45) is 8.51. The van der Waals surface area contributed by atoms with E-state index in [1.54, 1.807) is 16.4 Å². The number of nitrogens with zero attached hydrogens (tertiary/aromatic N) is 3. The molecule has 2 N–H and O–H groups in total. The number of hydrogen-bond donors (Lipinski definition) is 2. The summed E-state index contributed by atoms with van der Waals surface area (Å²) in [5.74, 6) is 0.842. The zero-order valence-corrected chi connectivity index (χ0v) is 22.3. The van der Waals surface area contributed by atoms with Crippen LogP contribution in [-0.2, 0) is 16.6 Å². The van der Waals surface area contributed by atoms with Crippen molar-refractivity contribution >= 4 is 40.0 Å². The molecule has 3 aliphatic rings. The zero-order chi connectivity index (χ0) is 21.7. The van der Waals surface area contributed by atoms with Crippen molar-refractivity contribution in [1.82, 2.24) is 19.8 Å². The van der Waals surface area contributed by atoms with Gasteiger partial charge in [-0.15, -0.1) is 24.0 Å². The Morgan fingerprint density at radius 1 is 1.03 bits per heavy atom. The van der Waals surface area contributed by atoms with E-state index in [-0.39, 0.29) is 24.0 Å². The molecular formula is C23H38IN5O2S. The van der Waals surface area contributed by atoms with E-state index in [4.69, 9.17) is 4.99 Å². The van der Waals surface area contributed by atoms with Gasteiger partial charge in [-0.25, -0.2) is 13.4 Å². The summed E-state index contributed by atoms with van der Waals surface area (Å²) in [5.41, 5.74) is 1.01. The predicted octanol–water partition coefficient (Wildman–Crippen LogP) is 3.16. The number of benzene rings is 1. The molecule has 180 valence electrons. The SMILES string of the molecule is CCNC(=NCc1ccc(S(=O)(=O)N2CCCC2)cc1)NC1CCN(C2CCCC2)C1.I.